The van der Waals surface area contributed by atoms with Crippen LogP contribution in [0.4, 0.5) is 0 Å². The fraction of sp³-hybridized carbons (Fsp3) is 0.538. The second kappa shape index (κ2) is 7.79. The molecule has 0 aliphatic rings. The van der Waals surface area contributed by atoms with Crippen LogP contribution in [0.25, 0.3) is 0 Å². The lowest BCUT2D eigenvalue weighted by Gasteiger charge is -2.19. The second-order valence-electron chi connectivity index (χ2n) is 4.17. The van der Waals surface area contributed by atoms with Crippen molar-refractivity contribution >= 4 is 5.84 Å². The number of amidine groups is 1. The highest BCUT2D eigenvalue weighted by Gasteiger charge is 2.04. The van der Waals surface area contributed by atoms with E-state index in [0.717, 1.165) is 38.2 Å². The summed E-state index contributed by atoms with van der Waals surface area (Å²) in [6.07, 6.45) is 4.62. The SMILES string of the molecule is CCN(CCCCC(=N)N)Cc1ccccn1. The molecule has 1 aromatic rings. The molecule has 0 aromatic carbocycles. The number of nitrogens with one attached hydrogen (secondary N) is 1. The van der Waals surface area contributed by atoms with E-state index in [4.69, 9.17) is 11.1 Å². The van der Waals surface area contributed by atoms with Gasteiger partial charge in [0.2, 0.25) is 0 Å². The highest BCUT2D eigenvalue weighted by atomic mass is 15.1. The minimum absolute atomic E-state index is 0.290. The van der Waals surface area contributed by atoms with Crippen LogP contribution in [-0.2, 0) is 6.54 Å². The van der Waals surface area contributed by atoms with Crippen LogP contribution in [0.1, 0.15) is 31.9 Å². The summed E-state index contributed by atoms with van der Waals surface area (Å²) in [4.78, 5) is 6.69. The molecule has 1 rings (SSSR count). The Morgan fingerprint density at radius 3 is 2.82 bits per heavy atom. The molecule has 0 unspecified atom stereocenters. The van der Waals surface area contributed by atoms with Crippen molar-refractivity contribution in [1.29, 1.82) is 5.41 Å². The zero-order valence-electron chi connectivity index (χ0n) is 10.5. The van der Waals surface area contributed by atoms with Crippen LogP contribution in [-0.4, -0.2) is 28.8 Å². The highest BCUT2D eigenvalue weighted by Crippen LogP contribution is 2.04. The molecule has 4 heteroatoms. The van der Waals surface area contributed by atoms with Crippen molar-refractivity contribution in [1.82, 2.24) is 9.88 Å². The number of pyridine rings is 1. The van der Waals surface area contributed by atoms with Gasteiger partial charge in [-0.1, -0.05) is 13.0 Å². The minimum atomic E-state index is 0.290. The van der Waals surface area contributed by atoms with E-state index in [1.54, 1.807) is 0 Å². The van der Waals surface area contributed by atoms with E-state index in [-0.39, 0.29) is 5.84 Å². The Bertz CT molecular complexity index is 323. The molecule has 0 atom stereocenters. The zero-order valence-corrected chi connectivity index (χ0v) is 10.5. The predicted octanol–water partition coefficient (Wildman–Crippen LogP) is 2.01. The zero-order chi connectivity index (χ0) is 12.5. The van der Waals surface area contributed by atoms with Gasteiger partial charge in [-0.2, -0.15) is 0 Å². The van der Waals surface area contributed by atoms with Crippen molar-refractivity contribution in [3.8, 4) is 0 Å². The lowest BCUT2D eigenvalue weighted by Crippen LogP contribution is -2.24. The van der Waals surface area contributed by atoms with Crippen LogP contribution in [0.2, 0.25) is 0 Å². The summed E-state index contributed by atoms with van der Waals surface area (Å²) < 4.78 is 0. The van der Waals surface area contributed by atoms with Crippen molar-refractivity contribution in [3.05, 3.63) is 30.1 Å². The molecule has 94 valence electrons. The lowest BCUT2D eigenvalue weighted by molar-refractivity contribution is 0.271. The van der Waals surface area contributed by atoms with Gasteiger partial charge in [-0.3, -0.25) is 15.3 Å². The van der Waals surface area contributed by atoms with E-state index in [0.29, 0.717) is 6.42 Å². The van der Waals surface area contributed by atoms with Gasteiger partial charge < -0.3 is 5.73 Å². The molecular weight excluding hydrogens is 212 g/mol. The molecule has 0 bridgehead atoms. The maximum Gasteiger partial charge on any atom is 0.0905 e. The fourth-order valence-electron chi connectivity index (χ4n) is 1.72. The first-order valence-electron chi connectivity index (χ1n) is 6.17. The Balaban J connectivity index is 2.27. The van der Waals surface area contributed by atoms with E-state index in [9.17, 15) is 0 Å². The molecule has 0 saturated carbocycles. The van der Waals surface area contributed by atoms with Gasteiger partial charge in [0.1, 0.15) is 0 Å². The van der Waals surface area contributed by atoms with Crippen molar-refractivity contribution in [2.24, 2.45) is 5.73 Å². The third-order valence-electron chi connectivity index (χ3n) is 2.73. The van der Waals surface area contributed by atoms with Crippen molar-refractivity contribution in [2.75, 3.05) is 13.1 Å². The number of aromatic nitrogens is 1. The summed E-state index contributed by atoms with van der Waals surface area (Å²) in [6.45, 7) is 5.13. The Morgan fingerprint density at radius 1 is 1.41 bits per heavy atom. The molecular formula is C13H22N4. The molecule has 0 radical (unpaired) electrons. The van der Waals surface area contributed by atoms with Gasteiger partial charge in [0.05, 0.1) is 11.5 Å². The number of hydrogen-bond donors (Lipinski definition) is 2. The molecule has 0 aliphatic heterocycles. The number of nitrogens with two attached hydrogens (primary N) is 1. The first-order valence-corrected chi connectivity index (χ1v) is 6.17. The Hall–Kier alpha value is -1.42. The summed E-state index contributed by atoms with van der Waals surface area (Å²) in [7, 11) is 0. The molecule has 0 spiro atoms. The quantitative estimate of drug-likeness (QED) is 0.411. The van der Waals surface area contributed by atoms with Crippen molar-refractivity contribution < 1.29 is 0 Å². The summed E-state index contributed by atoms with van der Waals surface area (Å²) in [5.41, 5.74) is 6.44. The maximum atomic E-state index is 7.16. The smallest absolute Gasteiger partial charge is 0.0905 e. The van der Waals surface area contributed by atoms with E-state index >= 15 is 0 Å². The van der Waals surface area contributed by atoms with Gasteiger partial charge >= 0.3 is 0 Å². The topological polar surface area (TPSA) is 66.0 Å². The van der Waals surface area contributed by atoms with Crippen LogP contribution in [0, 0.1) is 5.41 Å². The third-order valence-corrected chi connectivity index (χ3v) is 2.73. The van der Waals surface area contributed by atoms with Crippen LogP contribution in [0.15, 0.2) is 24.4 Å². The van der Waals surface area contributed by atoms with Crippen LogP contribution in [0.5, 0.6) is 0 Å². The molecule has 17 heavy (non-hydrogen) atoms. The normalized spacial score (nSPS) is 10.7. The van der Waals surface area contributed by atoms with Crippen LogP contribution < -0.4 is 5.73 Å². The molecule has 1 heterocycles. The summed E-state index contributed by atoms with van der Waals surface area (Å²) in [5, 5.41) is 7.16. The van der Waals surface area contributed by atoms with Crippen molar-refractivity contribution in [2.45, 2.75) is 32.7 Å². The van der Waals surface area contributed by atoms with Crippen LogP contribution in [0.3, 0.4) is 0 Å². The van der Waals surface area contributed by atoms with Gasteiger partial charge in [0.25, 0.3) is 0 Å². The minimum Gasteiger partial charge on any atom is -0.388 e. The number of nitrogens with zero attached hydrogens (tertiary/aromatic N) is 2. The Labute approximate surface area is 103 Å². The molecule has 3 N–H and O–H groups in total. The summed E-state index contributed by atoms with van der Waals surface area (Å²) in [6, 6.07) is 6.01. The average Bonchev–Trinajstić information content (AvgIpc) is 2.34. The maximum absolute atomic E-state index is 7.16. The van der Waals surface area contributed by atoms with Gasteiger partial charge in [-0.25, -0.2) is 0 Å². The summed E-state index contributed by atoms with van der Waals surface area (Å²) in [5.74, 6) is 0.290. The average molecular weight is 234 g/mol. The monoisotopic (exact) mass is 234 g/mol. The fourth-order valence-corrected chi connectivity index (χ4v) is 1.72. The Morgan fingerprint density at radius 2 is 2.24 bits per heavy atom. The third kappa shape index (κ3) is 6.02. The summed E-state index contributed by atoms with van der Waals surface area (Å²) >= 11 is 0. The Kier molecular flexibility index (Phi) is 6.25. The van der Waals surface area contributed by atoms with E-state index < -0.39 is 0 Å². The molecule has 1 aromatic heterocycles. The van der Waals surface area contributed by atoms with Gasteiger partial charge in [-0.05, 0) is 38.1 Å². The number of rotatable bonds is 8. The van der Waals surface area contributed by atoms with Crippen molar-refractivity contribution in [3.63, 3.8) is 0 Å². The first kappa shape index (κ1) is 13.6. The number of unbranched alkanes of at least 4 members (excludes halogenated alkanes) is 1. The van der Waals surface area contributed by atoms with E-state index in [1.807, 2.05) is 18.3 Å². The second-order valence-corrected chi connectivity index (χ2v) is 4.17. The largest absolute Gasteiger partial charge is 0.388 e. The first-order chi connectivity index (χ1) is 8.22. The standard InChI is InChI=1S/C13H22N4/c1-2-17(10-6-4-8-13(14)15)11-12-7-3-5-9-16-12/h3,5,7,9H,2,4,6,8,10-11H2,1H3,(H3,14,15). The predicted molar refractivity (Wildman–Crippen MR) is 71.0 cm³/mol. The van der Waals surface area contributed by atoms with Gasteiger partial charge in [0, 0.05) is 19.2 Å². The van der Waals surface area contributed by atoms with E-state index in [1.165, 1.54) is 0 Å². The molecule has 0 aliphatic carbocycles. The molecule has 0 fully saturated rings. The van der Waals surface area contributed by atoms with Crippen LogP contribution >= 0.6 is 0 Å². The van der Waals surface area contributed by atoms with Gasteiger partial charge in [-0.15, -0.1) is 0 Å². The van der Waals surface area contributed by atoms with Gasteiger partial charge in [0.15, 0.2) is 0 Å². The molecule has 0 amide bonds. The molecule has 0 saturated heterocycles. The molecule has 4 nitrogen and oxygen atoms in total. The number of hydrogen-bond acceptors (Lipinski definition) is 3. The lowest BCUT2D eigenvalue weighted by atomic mass is 10.2. The highest BCUT2D eigenvalue weighted by molar-refractivity contribution is 5.76. The van der Waals surface area contributed by atoms with E-state index in [2.05, 4.69) is 22.9 Å².